The molecule has 1 unspecified atom stereocenters. The normalized spacial score (nSPS) is 19.4. The molecule has 0 spiro atoms. The van der Waals surface area contributed by atoms with Crippen molar-refractivity contribution < 1.29 is 13.6 Å². The van der Waals surface area contributed by atoms with Crippen molar-refractivity contribution in [1.82, 2.24) is 24.5 Å². The Bertz CT molecular complexity index is 1020. The Hall–Kier alpha value is -2.42. The van der Waals surface area contributed by atoms with Gasteiger partial charge in [-0.15, -0.1) is 0 Å². The fourth-order valence-corrected chi connectivity index (χ4v) is 3.91. The van der Waals surface area contributed by atoms with Gasteiger partial charge < -0.3 is 4.90 Å². The van der Waals surface area contributed by atoms with Gasteiger partial charge in [0.25, 0.3) is 17.6 Å². The molecule has 1 atom stereocenters. The zero-order chi connectivity index (χ0) is 19.2. The summed E-state index contributed by atoms with van der Waals surface area (Å²) in [5.41, 5.74) is 1.63. The molecule has 2 aromatic heterocycles. The predicted molar refractivity (Wildman–Crippen MR) is 97.9 cm³/mol. The van der Waals surface area contributed by atoms with Gasteiger partial charge in [0.15, 0.2) is 0 Å². The Morgan fingerprint density at radius 2 is 2.15 bits per heavy atom. The van der Waals surface area contributed by atoms with Crippen LogP contribution in [-0.4, -0.2) is 49.4 Å². The summed E-state index contributed by atoms with van der Waals surface area (Å²) < 4.78 is 31.2. The average molecular weight is 436 g/mol. The van der Waals surface area contributed by atoms with Crippen LogP contribution in [0.3, 0.4) is 0 Å². The van der Waals surface area contributed by atoms with Crippen molar-refractivity contribution in [2.75, 3.05) is 13.1 Å². The van der Waals surface area contributed by atoms with Gasteiger partial charge in [-0.1, -0.05) is 22.0 Å². The monoisotopic (exact) mass is 435 g/mol. The van der Waals surface area contributed by atoms with Gasteiger partial charge in [0, 0.05) is 34.6 Å². The minimum absolute atomic E-state index is 0.180. The van der Waals surface area contributed by atoms with Crippen LogP contribution in [0.5, 0.6) is 0 Å². The van der Waals surface area contributed by atoms with Crippen LogP contribution in [0.25, 0.3) is 5.78 Å². The van der Waals surface area contributed by atoms with Gasteiger partial charge in [0.05, 0.1) is 12.2 Å². The van der Waals surface area contributed by atoms with Crippen molar-refractivity contribution in [1.29, 1.82) is 0 Å². The van der Waals surface area contributed by atoms with E-state index < -0.39 is 24.3 Å². The molecule has 1 amide bonds. The van der Waals surface area contributed by atoms with Crippen LogP contribution in [0.2, 0.25) is 0 Å². The van der Waals surface area contributed by atoms with Crippen molar-refractivity contribution in [3.05, 3.63) is 58.1 Å². The minimum atomic E-state index is -2.99. The molecular formula is C18H16BrF2N5O. The first-order chi connectivity index (χ1) is 12.8. The third-order valence-electron chi connectivity index (χ3n) is 4.59. The largest absolute Gasteiger partial charge is 0.332 e. The van der Waals surface area contributed by atoms with E-state index in [1.165, 1.54) is 15.7 Å². The fourth-order valence-electron chi connectivity index (χ4n) is 3.51. The number of alkyl halides is 2. The number of benzene rings is 1. The molecule has 0 saturated carbocycles. The van der Waals surface area contributed by atoms with Gasteiger partial charge in [-0.05, 0) is 31.2 Å². The number of piperidine rings is 1. The summed E-state index contributed by atoms with van der Waals surface area (Å²) in [7, 11) is 0. The van der Waals surface area contributed by atoms with E-state index in [2.05, 4.69) is 31.0 Å². The Morgan fingerprint density at radius 3 is 2.93 bits per heavy atom. The zero-order valence-corrected chi connectivity index (χ0v) is 16.0. The summed E-state index contributed by atoms with van der Waals surface area (Å²) in [4.78, 5) is 22.3. The van der Waals surface area contributed by atoms with Gasteiger partial charge in [-0.25, -0.2) is 18.3 Å². The first kappa shape index (κ1) is 18.0. The van der Waals surface area contributed by atoms with Crippen molar-refractivity contribution in [2.24, 2.45) is 0 Å². The summed E-state index contributed by atoms with van der Waals surface area (Å²) in [6.45, 7) is 1.36. The number of rotatable bonds is 2. The second kappa shape index (κ2) is 6.63. The van der Waals surface area contributed by atoms with Gasteiger partial charge >= 0.3 is 0 Å². The summed E-state index contributed by atoms with van der Waals surface area (Å²) in [6, 6.07) is 8.49. The number of hydrogen-bond donors (Lipinski definition) is 0. The van der Waals surface area contributed by atoms with Gasteiger partial charge in [-0.2, -0.15) is 10.1 Å². The van der Waals surface area contributed by atoms with Crippen LogP contribution >= 0.6 is 15.9 Å². The molecule has 6 nitrogen and oxygen atoms in total. The van der Waals surface area contributed by atoms with E-state index in [0.717, 1.165) is 4.47 Å². The van der Waals surface area contributed by atoms with Crippen LogP contribution in [0.15, 0.2) is 41.1 Å². The lowest BCUT2D eigenvalue weighted by molar-refractivity contribution is -0.0641. The van der Waals surface area contributed by atoms with Crippen LogP contribution in [0.1, 0.15) is 34.1 Å². The topological polar surface area (TPSA) is 63.4 Å². The second-order valence-electron chi connectivity index (χ2n) is 6.75. The number of hydrogen-bond acceptors (Lipinski definition) is 4. The molecule has 3 heterocycles. The molecule has 0 radical (unpaired) electrons. The number of nitrogens with zero attached hydrogens (tertiary/aromatic N) is 5. The van der Waals surface area contributed by atoms with Crippen LogP contribution in [0, 0.1) is 6.92 Å². The molecule has 1 aliphatic heterocycles. The lowest BCUT2D eigenvalue weighted by atomic mass is 9.91. The number of fused-ring (bicyclic) bond motifs is 1. The van der Waals surface area contributed by atoms with Crippen LogP contribution in [-0.2, 0) is 0 Å². The lowest BCUT2D eigenvalue weighted by Crippen LogP contribution is -2.49. The third-order valence-corrected chi connectivity index (χ3v) is 5.09. The van der Waals surface area contributed by atoms with Crippen LogP contribution in [0.4, 0.5) is 8.78 Å². The van der Waals surface area contributed by atoms with E-state index in [1.54, 1.807) is 37.3 Å². The Morgan fingerprint density at radius 1 is 1.33 bits per heavy atom. The van der Waals surface area contributed by atoms with E-state index in [9.17, 15) is 13.6 Å². The summed E-state index contributed by atoms with van der Waals surface area (Å²) in [5, 5.41) is 4.11. The number of amides is 1. The van der Waals surface area contributed by atoms with Crippen LogP contribution < -0.4 is 0 Å². The lowest BCUT2D eigenvalue weighted by Gasteiger charge is -2.37. The maximum Gasteiger partial charge on any atom is 0.266 e. The molecule has 27 heavy (non-hydrogen) atoms. The predicted octanol–water partition coefficient (Wildman–Crippen LogP) is 3.46. The maximum absolute atomic E-state index is 14.5. The average Bonchev–Trinajstić information content (AvgIpc) is 3.07. The number of likely N-dealkylation sites (tertiary alicyclic amines) is 1. The highest BCUT2D eigenvalue weighted by molar-refractivity contribution is 9.10. The number of aryl methyl sites for hydroxylation is 1. The van der Waals surface area contributed by atoms with Crippen molar-refractivity contribution in [3.8, 4) is 0 Å². The molecule has 0 aliphatic carbocycles. The number of carbonyl (C=O) groups excluding carboxylic acids is 1. The van der Waals surface area contributed by atoms with Crippen molar-refractivity contribution in [2.45, 2.75) is 25.2 Å². The Labute approximate surface area is 162 Å². The molecule has 1 saturated heterocycles. The molecule has 140 valence electrons. The summed E-state index contributed by atoms with van der Waals surface area (Å²) in [6.07, 6.45) is 0.990. The van der Waals surface area contributed by atoms with Gasteiger partial charge in [0.2, 0.25) is 0 Å². The van der Waals surface area contributed by atoms with Crippen molar-refractivity contribution in [3.63, 3.8) is 0 Å². The molecule has 1 fully saturated rings. The van der Waals surface area contributed by atoms with Crippen molar-refractivity contribution >= 4 is 27.6 Å². The van der Waals surface area contributed by atoms with E-state index >= 15 is 0 Å². The van der Waals surface area contributed by atoms with E-state index in [-0.39, 0.29) is 13.0 Å². The molecule has 4 rings (SSSR count). The van der Waals surface area contributed by atoms with Gasteiger partial charge in [0.1, 0.15) is 6.33 Å². The molecule has 1 aliphatic rings. The van der Waals surface area contributed by atoms with E-state index in [0.29, 0.717) is 22.7 Å². The molecule has 3 aromatic rings. The zero-order valence-electron chi connectivity index (χ0n) is 14.4. The third kappa shape index (κ3) is 3.55. The maximum atomic E-state index is 14.5. The molecule has 0 N–H and O–H groups in total. The number of carbonyl (C=O) groups is 1. The molecule has 0 bridgehead atoms. The standard InChI is InChI=1S/C18H16BrF2N5O/c1-11-5-15(26-17(24-11)22-10-23-26)13-7-18(20,21)9-25(8-13)16(27)12-3-2-4-14(19)6-12/h2-6,10,13H,7-9H2,1H3. The second-order valence-corrected chi connectivity index (χ2v) is 7.66. The fraction of sp³-hybridized carbons (Fsp3) is 0.333. The molecule has 9 heteroatoms. The summed E-state index contributed by atoms with van der Waals surface area (Å²) >= 11 is 3.31. The van der Waals surface area contributed by atoms with E-state index in [1.807, 2.05) is 0 Å². The Balaban J connectivity index is 1.70. The quantitative estimate of drug-likeness (QED) is 0.618. The number of aromatic nitrogens is 4. The van der Waals surface area contributed by atoms with E-state index in [4.69, 9.17) is 0 Å². The highest BCUT2D eigenvalue weighted by atomic mass is 79.9. The van der Waals surface area contributed by atoms with Gasteiger partial charge in [-0.3, -0.25) is 4.79 Å². The minimum Gasteiger partial charge on any atom is -0.332 e. The highest BCUT2D eigenvalue weighted by Gasteiger charge is 2.43. The summed E-state index contributed by atoms with van der Waals surface area (Å²) in [5.74, 6) is -3.62. The smallest absolute Gasteiger partial charge is 0.266 e. The molecule has 1 aromatic carbocycles. The highest BCUT2D eigenvalue weighted by Crippen LogP contribution is 2.37. The first-order valence-electron chi connectivity index (χ1n) is 8.42. The molecular weight excluding hydrogens is 420 g/mol. The Kier molecular flexibility index (Phi) is 4.41. The SMILES string of the molecule is Cc1cc(C2CN(C(=O)c3cccc(Br)c3)CC(F)(F)C2)n2ncnc2n1. The first-order valence-corrected chi connectivity index (χ1v) is 9.22. The number of halogens is 3.